The molecule has 18 heavy (non-hydrogen) atoms. The van der Waals surface area contributed by atoms with E-state index in [0.29, 0.717) is 12.5 Å². The van der Waals surface area contributed by atoms with Crippen LogP contribution in [0.1, 0.15) is 24.8 Å². The topological polar surface area (TPSA) is 38.9 Å². The van der Waals surface area contributed by atoms with Gasteiger partial charge in [0.05, 0.1) is 0 Å². The quantitative estimate of drug-likeness (QED) is 0.907. The molecule has 2 rings (SSSR count). The van der Waals surface area contributed by atoms with Crippen LogP contribution >= 0.6 is 11.6 Å². The van der Waals surface area contributed by atoms with Gasteiger partial charge in [0, 0.05) is 23.0 Å². The minimum absolute atomic E-state index is 0.452. The zero-order chi connectivity index (χ0) is 13.0. The van der Waals surface area contributed by atoms with Crippen LogP contribution in [0.2, 0.25) is 5.02 Å². The summed E-state index contributed by atoms with van der Waals surface area (Å²) in [7, 11) is 0. The molecule has 0 aliphatic carbocycles. The van der Waals surface area contributed by atoms with Gasteiger partial charge in [0.1, 0.15) is 0 Å². The van der Waals surface area contributed by atoms with E-state index in [4.69, 9.17) is 17.3 Å². The van der Waals surface area contributed by atoms with Crippen molar-refractivity contribution in [2.24, 2.45) is 5.73 Å². The maximum Gasteiger partial charge on any atom is 0.0484 e. The van der Waals surface area contributed by atoms with Crippen LogP contribution in [0.5, 0.6) is 0 Å². The standard InChI is InChI=1S/C15H17ClN2/c1-11(4-7-17)13-2-3-15(16)14(10-13)12-5-8-18-9-6-12/h2-3,5-6,8-11H,4,7,17H2,1H3. The Labute approximate surface area is 113 Å². The maximum atomic E-state index is 6.27. The first-order valence-electron chi connectivity index (χ1n) is 6.12. The molecule has 0 spiro atoms. The summed E-state index contributed by atoms with van der Waals surface area (Å²) in [6.45, 7) is 2.89. The second kappa shape index (κ2) is 5.98. The highest BCUT2D eigenvalue weighted by Gasteiger charge is 2.09. The molecule has 0 aliphatic rings. The number of benzene rings is 1. The van der Waals surface area contributed by atoms with Crippen LogP contribution in [0, 0.1) is 0 Å². The molecule has 0 fully saturated rings. The molecule has 2 N–H and O–H groups in total. The molecule has 1 heterocycles. The van der Waals surface area contributed by atoms with Crippen molar-refractivity contribution in [1.29, 1.82) is 0 Å². The van der Waals surface area contributed by atoms with Gasteiger partial charge in [-0.05, 0) is 54.3 Å². The summed E-state index contributed by atoms with van der Waals surface area (Å²) in [4.78, 5) is 4.03. The summed E-state index contributed by atoms with van der Waals surface area (Å²) in [5.74, 6) is 0.452. The van der Waals surface area contributed by atoms with Gasteiger partial charge in [-0.15, -0.1) is 0 Å². The first-order valence-corrected chi connectivity index (χ1v) is 6.50. The van der Waals surface area contributed by atoms with Crippen LogP contribution in [-0.2, 0) is 0 Å². The molecule has 1 atom stereocenters. The molecule has 0 amide bonds. The average molecular weight is 261 g/mol. The van der Waals surface area contributed by atoms with Gasteiger partial charge in [0.2, 0.25) is 0 Å². The third kappa shape index (κ3) is 2.89. The van der Waals surface area contributed by atoms with Crippen molar-refractivity contribution in [1.82, 2.24) is 4.98 Å². The number of nitrogens with two attached hydrogens (primary N) is 1. The Morgan fingerprint density at radius 2 is 1.94 bits per heavy atom. The molecule has 0 saturated carbocycles. The van der Waals surface area contributed by atoms with E-state index in [1.807, 2.05) is 18.2 Å². The van der Waals surface area contributed by atoms with Gasteiger partial charge in [-0.1, -0.05) is 24.6 Å². The number of rotatable bonds is 4. The minimum Gasteiger partial charge on any atom is -0.330 e. The summed E-state index contributed by atoms with van der Waals surface area (Å²) in [5, 5.41) is 0.768. The van der Waals surface area contributed by atoms with E-state index in [1.54, 1.807) is 12.4 Å². The van der Waals surface area contributed by atoms with Gasteiger partial charge in [-0.25, -0.2) is 0 Å². The maximum absolute atomic E-state index is 6.27. The molecule has 0 bridgehead atoms. The molecule has 0 aliphatic heterocycles. The normalized spacial score (nSPS) is 12.4. The molecule has 94 valence electrons. The van der Waals surface area contributed by atoms with Crippen molar-refractivity contribution >= 4 is 11.6 Å². The van der Waals surface area contributed by atoms with Crippen LogP contribution < -0.4 is 5.73 Å². The first kappa shape index (κ1) is 13.1. The summed E-state index contributed by atoms with van der Waals surface area (Å²) in [6, 6.07) is 10.1. The number of aromatic nitrogens is 1. The monoisotopic (exact) mass is 260 g/mol. The molecule has 2 nitrogen and oxygen atoms in total. The fourth-order valence-corrected chi connectivity index (χ4v) is 2.25. The molecule has 2 aromatic rings. The fourth-order valence-electron chi connectivity index (χ4n) is 2.02. The second-order valence-electron chi connectivity index (χ2n) is 4.45. The zero-order valence-electron chi connectivity index (χ0n) is 10.4. The summed E-state index contributed by atoms with van der Waals surface area (Å²) in [5.41, 5.74) is 9.04. The van der Waals surface area contributed by atoms with E-state index in [1.165, 1.54) is 5.56 Å². The van der Waals surface area contributed by atoms with Crippen LogP contribution in [0.15, 0.2) is 42.7 Å². The van der Waals surface area contributed by atoms with Gasteiger partial charge in [-0.3, -0.25) is 4.98 Å². The van der Waals surface area contributed by atoms with Crippen molar-refractivity contribution in [3.63, 3.8) is 0 Å². The lowest BCUT2D eigenvalue weighted by atomic mass is 9.94. The Morgan fingerprint density at radius 3 is 2.61 bits per heavy atom. The van der Waals surface area contributed by atoms with Crippen LogP contribution in [0.4, 0.5) is 0 Å². The molecular formula is C15H17ClN2. The smallest absolute Gasteiger partial charge is 0.0484 e. The molecule has 3 heteroatoms. The lowest BCUT2D eigenvalue weighted by Gasteiger charge is -2.13. The largest absolute Gasteiger partial charge is 0.330 e. The van der Waals surface area contributed by atoms with Crippen molar-refractivity contribution < 1.29 is 0 Å². The Bertz CT molecular complexity index is 511. The molecule has 1 aromatic heterocycles. The molecule has 0 saturated heterocycles. The molecule has 1 aromatic carbocycles. The van der Waals surface area contributed by atoms with Crippen molar-refractivity contribution in [3.8, 4) is 11.1 Å². The Morgan fingerprint density at radius 1 is 1.22 bits per heavy atom. The number of hydrogen-bond acceptors (Lipinski definition) is 2. The number of pyridine rings is 1. The highest BCUT2D eigenvalue weighted by atomic mass is 35.5. The summed E-state index contributed by atoms with van der Waals surface area (Å²) in [6.07, 6.45) is 4.54. The fraction of sp³-hybridized carbons (Fsp3) is 0.267. The first-order chi connectivity index (χ1) is 8.72. The Hall–Kier alpha value is -1.38. The predicted octanol–water partition coefficient (Wildman–Crippen LogP) is 3.85. The Balaban J connectivity index is 2.39. The third-order valence-corrected chi connectivity index (χ3v) is 3.48. The average Bonchev–Trinajstić information content (AvgIpc) is 2.40. The molecular weight excluding hydrogens is 244 g/mol. The highest BCUT2D eigenvalue weighted by Crippen LogP contribution is 2.31. The van der Waals surface area contributed by atoms with Crippen LogP contribution in [0.25, 0.3) is 11.1 Å². The van der Waals surface area contributed by atoms with Crippen molar-refractivity contribution in [2.45, 2.75) is 19.3 Å². The van der Waals surface area contributed by atoms with Gasteiger partial charge in [0.25, 0.3) is 0 Å². The van der Waals surface area contributed by atoms with Gasteiger partial charge in [0.15, 0.2) is 0 Å². The number of nitrogens with zero attached hydrogens (tertiary/aromatic N) is 1. The molecule has 1 unspecified atom stereocenters. The van der Waals surface area contributed by atoms with E-state index in [2.05, 4.69) is 24.0 Å². The predicted molar refractivity (Wildman–Crippen MR) is 76.8 cm³/mol. The van der Waals surface area contributed by atoms with Gasteiger partial charge < -0.3 is 5.73 Å². The lowest BCUT2D eigenvalue weighted by Crippen LogP contribution is -2.04. The van der Waals surface area contributed by atoms with Crippen molar-refractivity contribution in [2.75, 3.05) is 6.54 Å². The van der Waals surface area contributed by atoms with E-state index in [9.17, 15) is 0 Å². The Kier molecular flexibility index (Phi) is 4.34. The third-order valence-electron chi connectivity index (χ3n) is 3.15. The van der Waals surface area contributed by atoms with E-state index < -0.39 is 0 Å². The van der Waals surface area contributed by atoms with Crippen LogP contribution in [-0.4, -0.2) is 11.5 Å². The number of halogens is 1. The van der Waals surface area contributed by atoms with Gasteiger partial charge >= 0.3 is 0 Å². The van der Waals surface area contributed by atoms with Crippen molar-refractivity contribution in [3.05, 3.63) is 53.3 Å². The number of hydrogen-bond donors (Lipinski definition) is 1. The van der Waals surface area contributed by atoms with E-state index >= 15 is 0 Å². The highest BCUT2D eigenvalue weighted by molar-refractivity contribution is 6.33. The van der Waals surface area contributed by atoms with Gasteiger partial charge in [-0.2, -0.15) is 0 Å². The SMILES string of the molecule is CC(CCN)c1ccc(Cl)c(-c2ccncc2)c1. The summed E-state index contributed by atoms with van der Waals surface area (Å²) < 4.78 is 0. The summed E-state index contributed by atoms with van der Waals surface area (Å²) >= 11 is 6.27. The minimum atomic E-state index is 0.452. The molecule has 0 radical (unpaired) electrons. The second-order valence-corrected chi connectivity index (χ2v) is 4.86. The van der Waals surface area contributed by atoms with Crippen LogP contribution in [0.3, 0.4) is 0 Å². The zero-order valence-corrected chi connectivity index (χ0v) is 11.2. The van der Waals surface area contributed by atoms with E-state index in [-0.39, 0.29) is 0 Å². The van der Waals surface area contributed by atoms with E-state index in [0.717, 1.165) is 22.6 Å². The lowest BCUT2D eigenvalue weighted by molar-refractivity contribution is 0.690.